The van der Waals surface area contributed by atoms with Crippen molar-refractivity contribution in [1.82, 2.24) is 0 Å². The first-order valence-corrected chi connectivity index (χ1v) is 7.31. The Hall–Kier alpha value is -1.95. The van der Waals surface area contributed by atoms with Crippen molar-refractivity contribution in [2.45, 2.75) is 29.8 Å². The number of carbonyl (C=O) groups is 1. The molecule has 116 valence electrons. The number of halogens is 3. The van der Waals surface area contributed by atoms with Gasteiger partial charge < -0.3 is 5.32 Å². The zero-order valence-corrected chi connectivity index (χ0v) is 12.8. The first-order chi connectivity index (χ1) is 10.3. The third-order valence-corrected chi connectivity index (χ3v) is 3.96. The van der Waals surface area contributed by atoms with Crippen LogP contribution in [-0.2, 0) is 4.79 Å². The number of amides is 1. The number of nitrogens with one attached hydrogen (secondary N) is 1. The Morgan fingerprint density at radius 3 is 2.18 bits per heavy atom. The van der Waals surface area contributed by atoms with Crippen molar-refractivity contribution in [3.05, 3.63) is 53.6 Å². The minimum atomic E-state index is -4.91. The van der Waals surface area contributed by atoms with Gasteiger partial charge in [0, 0.05) is 9.79 Å². The van der Waals surface area contributed by atoms with Crippen molar-refractivity contribution in [1.29, 1.82) is 0 Å². The molecule has 0 aliphatic heterocycles. The van der Waals surface area contributed by atoms with E-state index in [0.29, 0.717) is 4.90 Å². The molecule has 2 aromatic rings. The van der Waals surface area contributed by atoms with Crippen molar-refractivity contribution in [3.8, 4) is 0 Å². The van der Waals surface area contributed by atoms with E-state index >= 15 is 0 Å². The summed E-state index contributed by atoms with van der Waals surface area (Å²) in [6.07, 6.45) is -4.91. The SMILES string of the molecule is Cc1ccc(Sc2cc(C)ccc2NC(=O)C(F)(F)F)cc1. The molecule has 22 heavy (non-hydrogen) atoms. The maximum absolute atomic E-state index is 12.4. The summed E-state index contributed by atoms with van der Waals surface area (Å²) in [5, 5.41) is 1.92. The lowest BCUT2D eigenvalue weighted by molar-refractivity contribution is -0.167. The number of aryl methyl sites for hydroxylation is 2. The van der Waals surface area contributed by atoms with Gasteiger partial charge in [0.25, 0.3) is 0 Å². The largest absolute Gasteiger partial charge is 0.471 e. The number of rotatable bonds is 3. The molecule has 0 atom stereocenters. The molecule has 0 unspecified atom stereocenters. The van der Waals surface area contributed by atoms with E-state index in [2.05, 4.69) is 0 Å². The van der Waals surface area contributed by atoms with Crippen molar-refractivity contribution >= 4 is 23.4 Å². The average Bonchev–Trinajstić information content (AvgIpc) is 2.43. The molecule has 0 bridgehead atoms. The van der Waals surface area contributed by atoms with Crippen molar-refractivity contribution in [3.63, 3.8) is 0 Å². The van der Waals surface area contributed by atoms with Crippen molar-refractivity contribution in [2.24, 2.45) is 0 Å². The lowest BCUT2D eigenvalue weighted by Gasteiger charge is -2.13. The topological polar surface area (TPSA) is 29.1 Å². The minimum Gasteiger partial charge on any atom is -0.317 e. The average molecular weight is 325 g/mol. The summed E-state index contributed by atoms with van der Waals surface area (Å²) in [6.45, 7) is 3.80. The second-order valence-corrected chi connectivity index (χ2v) is 5.98. The number of hydrogen-bond acceptors (Lipinski definition) is 2. The molecule has 2 rings (SSSR count). The fraction of sp³-hybridized carbons (Fsp3) is 0.188. The molecule has 0 radical (unpaired) electrons. The fourth-order valence-electron chi connectivity index (χ4n) is 1.74. The molecule has 0 saturated carbocycles. The highest BCUT2D eigenvalue weighted by Crippen LogP contribution is 2.35. The minimum absolute atomic E-state index is 0.151. The van der Waals surface area contributed by atoms with Crippen LogP contribution in [0, 0.1) is 13.8 Å². The van der Waals surface area contributed by atoms with E-state index < -0.39 is 12.1 Å². The van der Waals surface area contributed by atoms with Gasteiger partial charge in [0.05, 0.1) is 5.69 Å². The molecule has 1 N–H and O–H groups in total. The van der Waals surface area contributed by atoms with Crippen LogP contribution in [-0.4, -0.2) is 12.1 Å². The molecule has 0 heterocycles. The summed E-state index contributed by atoms with van der Waals surface area (Å²) >= 11 is 1.31. The number of alkyl halides is 3. The molecule has 0 aromatic heterocycles. The van der Waals surface area contributed by atoms with Crippen LogP contribution in [0.1, 0.15) is 11.1 Å². The molecular weight excluding hydrogens is 311 g/mol. The van der Waals surface area contributed by atoms with Crippen LogP contribution in [0.25, 0.3) is 0 Å². The maximum atomic E-state index is 12.4. The molecule has 1 amide bonds. The van der Waals surface area contributed by atoms with Crippen LogP contribution < -0.4 is 5.32 Å². The highest BCUT2D eigenvalue weighted by atomic mass is 32.2. The molecular formula is C16H14F3NOS. The highest BCUT2D eigenvalue weighted by molar-refractivity contribution is 7.99. The van der Waals surface area contributed by atoms with Crippen LogP contribution in [0.3, 0.4) is 0 Å². The van der Waals surface area contributed by atoms with Gasteiger partial charge in [-0.2, -0.15) is 13.2 Å². The molecule has 6 heteroatoms. The van der Waals surface area contributed by atoms with Gasteiger partial charge in [0.2, 0.25) is 0 Å². The summed E-state index contributed by atoms with van der Waals surface area (Å²) < 4.78 is 37.2. The normalized spacial score (nSPS) is 11.3. The molecule has 2 nitrogen and oxygen atoms in total. The zero-order valence-electron chi connectivity index (χ0n) is 12.0. The molecule has 0 saturated heterocycles. The Labute approximate surface area is 130 Å². The van der Waals surface area contributed by atoms with Gasteiger partial charge in [-0.05, 0) is 43.7 Å². The number of anilines is 1. The van der Waals surface area contributed by atoms with Gasteiger partial charge >= 0.3 is 12.1 Å². The molecule has 2 aromatic carbocycles. The van der Waals surface area contributed by atoms with Crippen LogP contribution in [0.15, 0.2) is 52.3 Å². The second kappa shape index (κ2) is 6.44. The van der Waals surface area contributed by atoms with E-state index in [1.165, 1.54) is 17.8 Å². The summed E-state index contributed by atoms with van der Waals surface area (Å²) in [5.74, 6) is -1.97. The monoisotopic (exact) mass is 325 g/mol. The Kier molecular flexibility index (Phi) is 4.81. The fourth-order valence-corrected chi connectivity index (χ4v) is 2.74. The highest BCUT2D eigenvalue weighted by Gasteiger charge is 2.38. The van der Waals surface area contributed by atoms with E-state index in [1.54, 1.807) is 12.1 Å². The smallest absolute Gasteiger partial charge is 0.317 e. The van der Waals surface area contributed by atoms with Gasteiger partial charge in [-0.25, -0.2) is 0 Å². The predicted octanol–water partition coefficient (Wildman–Crippen LogP) is 4.96. The third kappa shape index (κ3) is 4.27. The van der Waals surface area contributed by atoms with Gasteiger partial charge in [0.15, 0.2) is 0 Å². The zero-order chi connectivity index (χ0) is 16.3. The standard InChI is InChI=1S/C16H14F3NOS/c1-10-3-6-12(7-4-10)22-14-9-11(2)5-8-13(14)20-15(21)16(17,18)19/h3-9H,1-2H3,(H,20,21). The quantitative estimate of drug-likeness (QED) is 0.864. The Balaban J connectivity index is 2.28. The summed E-state index contributed by atoms with van der Waals surface area (Å²) in [7, 11) is 0. The molecule has 0 fully saturated rings. The Morgan fingerprint density at radius 2 is 1.59 bits per heavy atom. The second-order valence-electron chi connectivity index (χ2n) is 4.87. The first kappa shape index (κ1) is 16.4. The maximum Gasteiger partial charge on any atom is 0.471 e. The van der Waals surface area contributed by atoms with Gasteiger partial charge in [-0.15, -0.1) is 0 Å². The van der Waals surface area contributed by atoms with E-state index in [0.717, 1.165) is 16.0 Å². The van der Waals surface area contributed by atoms with Crippen LogP contribution >= 0.6 is 11.8 Å². The van der Waals surface area contributed by atoms with Gasteiger partial charge in [-0.3, -0.25) is 4.79 Å². The van der Waals surface area contributed by atoms with E-state index in [4.69, 9.17) is 0 Å². The lowest BCUT2D eigenvalue weighted by Crippen LogP contribution is -2.30. The van der Waals surface area contributed by atoms with Crippen molar-refractivity contribution < 1.29 is 18.0 Å². The predicted molar refractivity (Wildman–Crippen MR) is 81.2 cm³/mol. The first-order valence-electron chi connectivity index (χ1n) is 6.49. The molecule has 0 spiro atoms. The van der Waals surface area contributed by atoms with E-state index in [9.17, 15) is 18.0 Å². The molecule has 0 aliphatic carbocycles. The summed E-state index contributed by atoms with van der Waals surface area (Å²) in [6, 6.07) is 12.5. The van der Waals surface area contributed by atoms with E-state index in [1.807, 2.05) is 43.4 Å². The van der Waals surface area contributed by atoms with Gasteiger partial charge in [-0.1, -0.05) is 35.5 Å². The van der Waals surface area contributed by atoms with Crippen LogP contribution in [0.4, 0.5) is 18.9 Å². The Morgan fingerprint density at radius 1 is 1.00 bits per heavy atom. The summed E-state index contributed by atoms with van der Waals surface area (Å²) in [4.78, 5) is 12.6. The number of benzene rings is 2. The Bertz CT molecular complexity index is 681. The molecule has 0 aliphatic rings. The number of carbonyl (C=O) groups excluding carboxylic acids is 1. The van der Waals surface area contributed by atoms with E-state index in [-0.39, 0.29) is 5.69 Å². The number of hydrogen-bond donors (Lipinski definition) is 1. The third-order valence-electron chi connectivity index (χ3n) is 2.89. The van der Waals surface area contributed by atoms with Gasteiger partial charge in [0.1, 0.15) is 0 Å². The lowest BCUT2D eigenvalue weighted by atomic mass is 10.2. The summed E-state index contributed by atoms with van der Waals surface area (Å²) in [5.41, 5.74) is 2.15. The van der Waals surface area contributed by atoms with Crippen LogP contribution in [0.2, 0.25) is 0 Å². The van der Waals surface area contributed by atoms with Crippen LogP contribution in [0.5, 0.6) is 0 Å². The van der Waals surface area contributed by atoms with Crippen molar-refractivity contribution in [2.75, 3.05) is 5.32 Å².